The van der Waals surface area contributed by atoms with Crippen molar-refractivity contribution in [2.24, 2.45) is 0 Å². The first-order valence-corrected chi connectivity index (χ1v) is 6.06. The molecule has 0 aliphatic heterocycles. The fraction of sp³-hybridized carbons (Fsp3) is 0.357. The third-order valence-electron chi connectivity index (χ3n) is 2.95. The lowest BCUT2D eigenvalue weighted by Crippen LogP contribution is -1.96. The highest BCUT2D eigenvalue weighted by Crippen LogP contribution is 2.31. The Morgan fingerprint density at radius 1 is 1.39 bits per heavy atom. The highest BCUT2D eigenvalue weighted by Gasteiger charge is 2.12. The van der Waals surface area contributed by atoms with Gasteiger partial charge in [0.25, 0.3) is 0 Å². The van der Waals surface area contributed by atoms with E-state index >= 15 is 0 Å². The number of ether oxygens (including phenoxy) is 1. The van der Waals surface area contributed by atoms with Gasteiger partial charge in [-0.1, -0.05) is 32.0 Å². The average Bonchev–Trinajstić information content (AvgIpc) is 2.86. The van der Waals surface area contributed by atoms with Crippen LogP contribution in [0.2, 0.25) is 0 Å². The topological polar surface area (TPSA) is 55.5 Å². The van der Waals surface area contributed by atoms with Crippen molar-refractivity contribution < 1.29 is 14.3 Å². The molecule has 96 valence electrons. The molecule has 1 aromatic carbocycles. The van der Waals surface area contributed by atoms with Gasteiger partial charge in [-0.15, -0.1) is 0 Å². The lowest BCUT2D eigenvalue weighted by molar-refractivity contribution is 0.276. The minimum atomic E-state index is -0.153. The lowest BCUT2D eigenvalue weighted by Gasteiger charge is -2.13. The molecule has 0 aliphatic carbocycles. The van der Waals surface area contributed by atoms with Crippen LogP contribution in [0.4, 0.5) is 0 Å². The number of aliphatic hydroxyl groups excluding tert-OH is 1. The molecule has 0 radical (unpaired) electrons. The van der Waals surface area contributed by atoms with Crippen LogP contribution in [0, 0.1) is 0 Å². The molecule has 0 bridgehead atoms. The number of benzene rings is 1. The van der Waals surface area contributed by atoms with E-state index in [2.05, 4.69) is 18.8 Å². The zero-order valence-electron chi connectivity index (χ0n) is 10.6. The number of aromatic nitrogens is 1. The van der Waals surface area contributed by atoms with Crippen LogP contribution in [0.5, 0.6) is 11.8 Å². The van der Waals surface area contributed by atoms with Crippen molar-refractivity contribution in [1.82, 2.24) is 4.98 Å². The molecule has 0 saturated heterocycles. The molecule has 18 heavy (non-hydrogen) atoms. The van der Waals surface area contributed by atoms with Gasteiger partial charge in [0.2, 0.25) is 0 Å². The first-order chi connectivity index (χ1) is 8.74. The van der Waals surface area contributed by atoms with Crippen LogP contribution >= 0.6 is 0 Å². The molecule has 0 saturated carbocycles. The van der Waals surface area contributed by atoms with E-state index in [1.165, 1.54) is 6.26 Å². The fourth-order valence-corrected chi connectivity index (χ4v) is 1.70. The molecule has 1 atom stereocenters. The maximum atomic E-state index is 8.92. The summed E-state index contributed by atoms with van der Waals surface area (Å²) in [5.74, 6) is 1.16. The minimum Gasteiger partial charge on any atom is -0.417 e. The summed E-state index contributed by atoms with van der Waals surface area (Å²) in [6, 6.07) is 7.84. The second-order valence-corrected chi connectivity index (χ2v) is 4.21. The molecule has 2 rings (SSSR count). The summed E-state index contributed by atoms with van der Waals surface area (Å²) < 4.78 is 10.8. The maximum absolute atomic E-state index is 8.92. The summed E-state index contributed by atoms with van der Waals surface area (Å²) in [5, 5.41) is 8.92. The number of nitrogens with zero attached hydrogens (tertiary/aromatic N) is 1. The molecule has 0 spiro atoms. The molecule has 1 N–H and O–H groups in total. The van der Waals surface area contributed by atoms with Crippen molar-refractivity contribution in [2.45, 2.75) is 32.8 Å². The summed E-state index contributed by atoms with van der Waals surface area (Å²) >= 11 is 0. The Morgan fingerprint density at radius 3 is 2.83 bits per heavy atom. The summed E-state index contributed by atoms with van der Waals surface area (Å²) in [5.41, 5.74) is 1.59. The van der Waals surface area contributed by atoms with E-state index in [0.717, 1.165) is 17.7 Å². The molecule has 0 amide bonds. The SMILES string of the molecule is CCC(C)c1ccccc1Oc1nc(CO)co1. The number of aliphatic hydroxyl groups is 1. The third-order valence-corrected chi connectivity index (χ3v) is 2.95. The van der Waals surface area contributed by atoms with Crippen molar-refractivity contribution >= 4 is 0 Å². The van der Waals surface area contributed by atoms with Gasteiger partial charge in [0.1, 0.15) is 17.7 Å². The van der Waals surface area contributed by atoms with Gasteiger partial charge < -0.3 is 14.3 Å². The standard InChI is InChI=1S/C14H17NO3/c1-3-10(2)12-6-4-5-7-13(12)18-14-15-11(8-16)9-17-14/h4-7,9-10,16H,3,8H2,1-2H3. The van der Waals surface area contributed by atoms with Crippen LogP contribution < -0.4 is 4.74 Å². The Kier molecular flexibility index (Phi) is 3.99. The largest absolute Gasteiger partial charge is 0.417 e. The summed E-state index contributed by atoms with van der Waals surface area (Å²) in [7, 11) is 0. The van der Waals surface area contributed by atoms with Gasteiger partial charge in [0, 0.05) is 0 Å². The van der Waals surface area contributed by atoms with E-state index in [9.17, 15) is 0 Å². The second kappa shape index (κ2) is 5.69. The predicted molar refractivity (Wildman–Crippen MR) is 67.6 cm³/mol. The number of para-hydroxylation sites is 1. The lowest BCUT2D eigenvalue weighted by atomic mass is 9.98. The van der Waals surface area contributed by atoms with Crippen LogP contribution in [0.15, 0.2) is 34.9 Å². The van der Waals surface area contributed by atoms with Crippen molar-refractivity contribution in [3.63, 3.8) is 0 Å². The van der Waals surface area contributed by atoms with Gasteiger partial charge in [-0.2, -0.15) is 4.98 Å². The van der Waals surface area contributed by atoms with Crippen LogP contribution in [0.3, 0.4) is 0 Å². The van der Waals surface area contributed by atoms with Crippen LogP contribution in [-0.2, 0) is 6.61 Å². The van der Waals surface area contributed by atoms with Gasteiger partial charge in [0.05, 0.1) is 6.61 Å². The Morgan fingerprint density at radius 2 is 2.17 bits per heavy atom. The molecule has 1 heterocycles. The molecule has 1 aromatic heterocycles. The molecule has 4 nitrogen and oxygen atoms in total. The van der Waals surface area contributed by atoms with E-state index in [0.29, 0.717) is 11.6 Å². The average molecular weight is 247 g/mol. The molecular formula is C14H17NO3. The van der Waals surface area contributed by atoms with E-state index < -0.39 is 0 Å². The van der Waals surface area contributed by atoms with Gasteiger partial charge in [0.15, 0.2) is 0 Å². The highest BCUT2D eigenvalue weighted by atomic mass is 16.6. The van der Waals surface area contributed by atoms with Gasteiger partial charge in [-0.05, 0) is 24.0 Å². The number of rotatable bonds is 5. The Labute approximate surface area is 106 Å². The van der Waals surface area contributed by atoms with Crippen LogP contribution in [0.25, 0.3) is 0 Å². The Bertz CT molecular complexity index is 507. The zero-order chi connectivity index (χ0) is 13.0. The number of hydrogen-bond acceptors (Lipinski definition) is 4. The quantitative estimate of drug-likeness (QED) is 0.878. The van der Waals surface area contributed by atoms with Crippen molar-refractivity contribution in [3.8, 4) is 11.8 Å². The van der Waals surface area contributed by atoms with Crippen LogP contribution in [-0.4, -0.2) is 10.1 Å². The van der Waals surface area contributed by atoms with Gasteiger partial charge >= 0.3 is 6.08 Å². The summed E-state index contributed by atoms with van der Waals surface area (Å²) in [4.78, 5) is 4.01. The van der Waals surface area contributed by atoms with Crippen LogP contribution in [0.1, 0.15) is 37.4 Å². The predicted octanol–water partition coefficient (Wildman–Crippen LogP) is 3.47. The Hall–Kier alpha value is -1.81. The molecule has 4 heteroatoms. The fourth-order valence-electron chi connectivity index (χ4n) is 1.70. The zero-order valence-corrected chi connectivity index (χ0v) is 10.6. The molecule has 0 aliphatic rings. The first-order valence-electron chi connectivity index (χ1n) is 6.06. The molecule has 1 unspecified atom stereocenters. The van der Waals surface area contributed by atoms with Crippen molar-refractivity contribution in [3.05, 3.63) is 41.8 Å². The summed E-state index contributed by atoms with van der Waals surface area (Å²) in [6.07, 6.45) is 2.59. The number of hydrogen-bond donors (Lipinski definition) is 1. The Balaban J connectivity index is 2.23. The van der Waals surface area contributed by atoms with Gasteiger partial charge in [-0.3, -0.25) is 0 Å². The van der Waals surface area contributed by atoms with E-state index in [1.807, 2.05) is 24.3 Å². The monoisotopic (exact) mass is 247 g/mol. The van der Waals surface area contributed by atoms with Crippen molar-refractivity contribution in [2.75, 3.05) is 0 Å². The van der Waals surface area contributed by atoms with E-state index in [4.69, 9.17) is 14.3 Å². The van der Waals surface area contributed by atoms with Gasteiger partial charge in [-0.25, -0.2) is 0 Å². The van der Waals surface area contributed by atoms with E-state index in [-0.39, 0.29) is 12.7 Å². The van der Waals surface area contributed by atoms with E-state index in [1.54, 1.807) is 0 Å². The smallest absolute Gasteiger partial charge is 0.399 e. The second-order valence-electron chi connectivity index (χ2n) is 4.21. The minimum absolute atomic E-state index is 0.153. The third kappa shape index (κ3) is 2.71. The molecule has 2 aromatic rings. The molecular weight excluding hydrogens is 230 g/mol. The van der Waals surface area contributed by atoms with Crippen molar-refractivity contribution in [1.29, 1.82) is 0 Å². The number of oxazole rings is 1. The highest BCUT2D eigenvalue weighted by molar-refractivity contribution is 5.37. The first kappa shape index (κ1) is 12.6. The molecule has 0 fully saturated rings. The maximum Gasteiger partial charge on any atom is 0.399 e. The summed E-state index contributed by atoms with van der Waals surface area (Å²) in [6.45, 7) is 4.13. The normalized spacial score (nSPS) is 12.4.